The van der Waals surface area contributed by atoms with E-state index in [9.17, 15) is 9.59 Å². The fourth-order valence-corrected chi connectivity index (χ4v) is 2.09. The highest BCUT2D eigenvalue weighted by molar-refractivity contribution is 6.31. The molecule has 1 aromatic rings. The number of anilines is 1. The second kappa shape index (κ2) is 8.67. The summed E-state index contributed by atoms with van der Waals surface area (Å²) in [6, 6.07) is 5.41. The first-order chi connectivity index (χ1) is 9.93. The number of amides is 2. The largest absolute Gasteiger partial charge is 0.342 e. The summed E-state index contributed by atoms with van der Waals surface area (Å²) in [6.07, 6.45) is 2.27. The summed E-state index contributed by atoms with van der Waals surface area (Å²) in [4.78, 5) is 25.1. The summed E-state index contributed by atoms with van der Waals surface area (Å²) in [7, 11) is 0. The molecule has 0 aromatic heterocycles. The van der Waals surface area contributed by atoms with Gasteiger partial charge in [-0.3, -0.25) is 9.59 Å². The minimum atomic E-state index is -0.113. The van der Waals surface area contributed by atoms with E-state index in [0.717, 1.165) is 18.4 Å². The Kier molecular flexibility index (Phi) is 7.23. The van der Waals surface area contributed by atoms with Crippen molar-refractivity contribution in [3.05, 3.63) is 28.8 Å². The Morgan fingerprint density at radius 1 is 1.29 bits per heavy atom. The monoisotopic (exact) mass is 310 g/mol. The lowest BCUT2D eigenvalue weighted by atomic mass is 10.2. The van der Waals surface area contributed by atoms with Gasteiger partial charge in [0.2, 0.25) is 11.8 Å². The van der Waals surface area contributed by atoms with Crippen molar-refractivity contribution >= 4 is 29.1 Å². The number of aryl methyl sites for hydroxylation is 1. The second-order valence-corrected chi connectivity index (χ2v) is 5.53. The zero-order chi connectivity index (χ0) is 15.8. The number of nitrogens with zero attached hydrogens (tertiary/aromatic N) is 1. The summed E-state index contributed by atoms with van der Waals surface area (Å²) in [5, 5.41) is 3.43. The Morgan fingerprint density at radius 2 is 2.00 bits per heavy atom. The number of hydrogen-bond donors (Lipinski definition) is 1. The molecule has 0 fully saturated rings. The fraction of sp³-hybridized carbons (Fsp3) is 0.500. The van der Waals surface area contributed by atoms with Crippen LogP contribution in [0.15, 0.2) is 18.2 Å². The molecule has 0 bridgehead atoms. The Hall–Kier alpha value is -1.55. The molecule has 0 atom stereocenters. The third-order valence-electron chi connectivity index (χ3n) is 3.29. The maximum absolute atomic E-state index is 11.9. The summed E-state index contributed by atoms with van der Waals surface area (Å²) in [5.74, 6) is -0.104. The Labute approximate surface area is 131 Å². The van der Waals surface area contributed by atoms with Crippen LogP contribution in [0.4, 0.5) is 5.69 Å². The van der Waals surface area contributed by atoms with Gasteiger partial charge in [0.1, 0.15) is 0 Å². The quantitative estimate of drug-likeness (QED) is 0.836. The highest BCUT2D eigenvalue weighted by Crippen LogP contribution is 2.20. The lowest BCUT2D eigenvalue weighted by Gasteiger charge is -2.20. The Balaban J connectivity index is 2.48. The molecule has 1 aromatic carbocycles. The first kappa shape index (κ1) is 17.5. The van der Waals surface area contributed by atoms with Crippen molar-refractivity contribution < 1.29 is 9.59 Å². The number of rotatable bonds is 7. The van der Waals surface area contributed by atoms with Crippen molar-refractivity contribution in [2.45, 2.75) is 40.0 Å². The summed E-state index contributed by atoms with van der Waals surface area (Å²) in [5.41, 5.74) is 1.65. The number of carbonyl (C=O) groups is 2. The molecule has 0 unspecified atom stereocenters. The fourth-order valence-electron chi connectivity index (χ4n) is 1.91. The number of carbonyl (C=O) groups excluding carboxylic acids is 2. The van der Waals surface area contributed by atoms with Crippen molar-refractivity contribution in [3.63, 3.8) is 0 Å². The molecule has 4 nitrogen and oxygen atoms in total. The lowest BCUT2D eigenvalue weighted by molar-refractivity contribution is -0.129. The summed E-state index contributed by atoms with van der Waals surface area (Å²) in [6.45, 7) is 6.67. The van der Waals surface area contributed by atoms with E-state index in [1.54, 1.807) is 11.0 Å². The third-order valence-corrected chi connectivity index (χ3v) is 3.70. The molecule has 1 rings (SSSR count). The highest BCUT2D eigenvalue weighted by atomic mass is 35.5. The number of halogens is 1. The van der Waals surface area contributed by atoms with Gasteiger partial charge in [-0.15, -0.1) is 0 Å². The molecule has 5 heteroatoms. The van der Waals surface area contributed by atoms with Gasteiger partial charge >= 0.3 is 0 Å². The second-order valence-electron chi connectivity index (χ2n) is 5.12. The molecule has 116 valence electrons. The van der Waals surface area contributed by atoms with Crippen LogP contribution in [0.25, 0.3) is 0 Å². The molecule has 0 heterocycles. The molecule has 21 heavy (non-hydrogen) atoms. The molecule has 0 radical (unpaired) electrons. The Morgan fingerprint density at radius 3 is 2.57 bits per heavy atom. The molecular formula is C16H23ClN2O2. The maximum Gasteiger partial charge on any atom is 0.226 e. The van der Waals surface area contributed by atoms with Crippen LogP contribution in [0.2, 0.25) is 5.02 Å². The number of nitrogens with one attached hydrogen (secondary N) is 1. The molecule has 0 spiro atoms. The van der Waals surface area contributed by atoms with E-state index in [4.69, 9.17) is 11.6 Å². The van der Waals surface area contributed by atoms with Gasteiger partial charge in [-0.25, -0.2) is 0 Å². The third kappa shape index (κ3) is 6.17. The zero-order valence-corrected chi connectivity index (χ0v) is 13.7. The van der Waals surface area contributed by atoms with E-state index in [1.807, 2.05) is 19.1 Å². The van der Waals surface area contributed by atoms with Gasteiger partial charge in [0, 0.05) is 37.1 Å². The van der Waals surface area contributed by atoms with Crippen molar-refractivity contribution in [1.82, 2.24) is 4.90 Å². The lowest BCUT2D eigenvalue weighted by Crippen LogP contribution is -2.32. The van der Waals surface area contributed by atoms with E-state index in [0.29, 0.717) is 23.8 Å². The molecule has 1 N–H and O–H groups in total. The van der Waals surface area contributed by atoms with E-state index in [1.165, 1.54) is 6.92 Å². The van der Waals surface area contributed by atoms with Crippen LogP contribution in [0.3, 0.4) is 0 Å². The van der Waals surface area contributed by atoms with Crippen molar-refractivity contribution in [2.24, 2.45) is 0 Å². The molecule has 0 aliphatic carbocycles. The SMILES string of the molecule is CCCCN(CCC(=O)Nc1ccc(C)c(Cl)c1)C(C)=O. The minimum absolute atomic E-state index is 0.00892. The Bertz CT molecular complexity index is 503. The highest BCUT2D eigenvalue weighted by Gasteiger charge is 2.11. The van der Waals surface area contributed by atoms with Gasteiger partial charge in [0.25, 0.3) is 0 Å². The molecule has 0 saturated heterocycles. The van der Waals surface area contributed by atoms with Gasteiger partial charge < -0.3 is 10.2 Å². The van der Waals surface area contributed by atoms with Crippen LogP contribution < -0.4 is 5.32 Å². The van der Waals surface area contributed by atoms with Crippen LogP contribution in [0, 0.1) is 6.92 Å². The van der Waals surface area contributed by atoms with Crippen LogP contribution >= 0.6 is 11.6 Å². The van der Waals surface area contributed by atoms with Crippen LogP contribution in [0.5, 0.6) is 0 Å². The molecule has 0 aliphatic rings. The molecule has 2 amide bonds. The van der Waals surface area contributed by atoms with E-state index >= 15 is 0 Å². The number of benzene rings is 1. The predicted molar refractivity (Wildman–Crippen MR) is 86.6 cm³/mol. The van der Waals surface area contributed by atoms with Crippen molar-refractivity contribution in [3.8, 4) is 0 Å². The van der Waals surface area contributed by atoms with Crippen LogP contribution in [-0.4, -0.2) is 29.8 Å². The summed E-state index contributed by atoms with van der Waals surface area (Å²) >= 11 is 6.02. The van der Waals surface area contributed by atoms with Gasteiger partial charge in [-0.1, -0.05) is 31.0 Å². The smallest absolute Gasteiger partial charge is 0.226 e. The van der Waals surface area contributed by atoms with Crippen LogP contribution in [-0.2, 0) is 9.59 Å². The zero-order valence-electron chi connectivity index (χ0n) is 12.9. The normalized spacial score (nSPS) is 10.3. The van der Waals surface area contributed by atoms with Gasteiger partial charge in [0.05, 0.1) is 0 Å². The minimum Gasteiger partial charge on any atom is -0.342 e. The predicted octanol–water partition coefficient (Wildman–Crippen LogP) is 3.63. The van der Waals surface area contributed by atoms with Gasteiger partial charge in [-0.05, 0) is 31.0 Å². The average Bonchev–Trinajstić information content (AvgIpc) is 2.42. The molecular weight excluding hydrogens is 288 g/mol. The van der Waals surface area contributed by atoms with E-state index in [2.05, 4.69) is 12.2 Å². The van der Waals surface area contributed by atoms with Crippen molar-refractivity contribution in [2.75, 3.05) is 18.4 Å². The first-order valence-corrected chi connectivity index (χ1v) is 7.63. The van der Waals surface area contributed by atoms with Crippen LogP contribution in [0.1, 0.15) is 38.7 Å². The van der Waals surface area contributed by atoms with Crippen molar-refractivity contribution in [1.29, 1.82) is 0 Å². The maximum atomic E-state index is 11.9. The van der Waals surface area contributed by atoms with E-state index in [-0.39, 0.29) is 18.2 Å². The van der Waals surface area contributed by atoms with Gasteiger partial charge in [-0.2, -0.15) is 0 Å². The first-order valence-electron chi connectivity index (χ1n) is 7.25. The molecule has 0 aliphatic heterocycles. The van der Waals surface area contributed by atoms with E-state index < -0.39 is 0 Å². The standard InChI is InChI=1S/C16H23ClN2O2/c1-4-5-9-19(13(3)20)10-8-16(21)18-14-7-6-12(2)15(17)11-14/h6-7,11H,4-5,8-10H2,1-3H3,(H,18,21). The molecule has 0 saturated carbocycles. The summed E-state index contributed by atoms with van der Waals surface area (Å²) < 4.78 is 0. The number of unbranched alkanes of at least 4 members (excludes halogenated alkanes) is 1. The average molecular weight is 311 g/mol. The van der Waals surface area contributed by atoms with Gasteiger partial charge in [0.15, 0.2) is 0 Å². The topological polar surface area (TPSA) is 49.4 Å². The number of hydrogen-bond acceptors (Lipinski definition) is 2.